The Kier molecular flexibility index (Phi) is 5.60. The summed E-state index contributed by atoms with van der Waals surface area (Å²) in [4.78, 5) is 0. The van der Waals surface area contributed by atoms with Gasteiger partial charge in [0.25, 0.3) is 0 Å². The van der Waals surface area contributed by atoms with Gasteiger partial charge in [-0.1, -0.05) is 19.1 Å². The van der Waals surface area contributed by atoms with Crippen molar-refractivity contribution in [3.63, 3.8) is 0 Å². The van der Waals surface area contributed by atoms with Crippen molar-refractivity contribution in [3.8, 4) is 5.75 Å². The quantitative estimate of drug-likeness (QED) is 0.517. The molecule has 2 rings (SSSR count). The molecule has 1 atom stereocenters. The minimum absolute atomic E-state index is 0.269. The van der Waals surface area contributed by atoms with Crippen LogP contribution in [0.15, 0.2) is 24.3 Å². The Labute approximate surface area is 122 Å². The van der Waals surface area contributed by atoms with E-state index < -0.39 is 8.56 Å². The maximum Gasteiger partial charge on any atom is 0.372 e. The van der Waals surface area contributed by atoms with E-state index in [2.05, 4.69) is 19.1 Å². The summed E-state index contributed by atoms with van der Waals surface area (Å²) in [7, 11) is -2.33. The minimum atomic E-state index is -2.33. The molecule has 0 amide bonds. The Balaban J connectivity index is 2.15. The summed E-state index contributed by atoms with van der Waals surface area (Å²) in [5.74, 6) is 0.864. The molecule has 20 heavy (non-hydrogen) atoms. The van der Waals surface area contributed by atoms with E-state index in [0.717, 1.165) is 23.6 Å². The van der Waals surface area contributed by atoms with Gasteiger partial charge in [0.15, 0.2) is 0 Å². The lowest BCUT2D eigenvalue weighted by atomic mass is 10.3. The molecule has 112 valence electrons. The van der Waals surface area contributed by atoms with Crippen LogP contribution < -0.4 is 9.92 Å². The lowest BCUT2D eigenvalue weighted by Gasteiger charge is -2.29. The number of benzene rings is 1. The summed E-state index contributed by atoms with van der Waals surface area (Å²) in [5.41, 5.74) is 0. The van der Waals surface area contributed by atoms with Gasteiger partial charge in [-0.2, -0.15) is 0 Å². The molecule has 1 aromatic rings. The van der Waals surface area contributed by atoms with Crippen molar-refractivity contribution in [2.24, 2.45) is 0 Å². The molecule has 0 bridgehead atoms. The normalized spacial score (nSPS) is 18.1. The highest BCUT2D eigenvalue weighted by molar-refractivity contribution is 6.81. The van der Waals surface area contributed by atoms with Gasteiger partial charge in [-0.15, -0.1) is 0 Å². The largest absolute Gasteiger partial charge is 0.491 e. The monoisotopic (exact) mass is 296 g/mol. The van der Waals surface area contributed by atoms with Gasteiger partial charge < -0.3 is 18.3 Å². The Bertz CT molecular complexity index is 414. The van der Waals surface area contributed by atoms with Crippen LogP contribution in [0.5, 0.6) is 5.75 Å². The van der Waals surface area contributed by atoms with E-state index >= 15 is 0 Å². The van der Waals surface area contributed by atoms with Crippen molar-refractivity contribution in [1.29, 1.82) is 0 Å². The van der Waals surface area contributed by atoms with E-state index in [1.54, 1.807) is 0 Å². The second kappa shape index (κ2) is 7.22. The van der Waals surface area contributed by atoms with Crippen LogP contribution in [0.1, 0.15) is 20.8 Å². The topological polar surface area (TPSA) is 40.2 Å². The van der Waals surface area contributed by atoms with Crippen LogP contribution in [0.4, 0.5) is 0 Å². The highest BCUT2D eigenvalue weighted by atomic mass is 28.4. The average Bonchev–Trinajstić information content (AvgIpc) is 3.29. The van der Waals surface area contributed by atoms with E-state index in [1.165, 1.54) is 0 Å². The van der Waals surface area contributed by atoms with Crippen molar-refractivity contribution < 1.29 is 18.3 Å². The maximum absolute atomic E-state index is 6.03. The molecule has 1 fully saturated rings. The third-order valence-electron chi connectivity index (χ3n) is 3.33. The maximum atomic E-state index is 6.03. The number of hydrogen-bond donors (Lipinski definition) is 0. The van der Waals surface area contributed by atoms with E-state index in [4.69, 9.17) is 18.3 Å². The van der Waals surface area contributed by atoms with Gasteiger partial charge in [-0.3, -0.25) is 0 Å². The van der Waals surface area contributed by atoms with Gasteiger partial charge in [0.1, 0.15) is 18.5 Å². The molecule has 0 N–H and O–H groups in total. The Morgan fingerprint density at radius 1 is 1.20 bits per heavy atom. The molecule has 1 aromatic carbocycles. The molecule has 1 aliphatic heterocycles. The molecule has 0 saturated carbocycles. The molecule has 0 aromatic heterocycles. The van der Waals surface area contributed by atoms with Gasteiger partial charge in [0, 0.05) is 13.2 Å². The molecule has 1 unspecified atom stereocenters. The summed E-state index contributed by atoms with van der Waals surface area (Å²) in [5, 5.41) is 1.14. The molecule has 1 saturated heterocycles. The molecular weight excluding hydrogens is 272 g/mol. The number of hydrogen-bond acceptors (Lipinski definition) is 4. The zero-order valence-electron chi connectivity index (χ0n) is 12.6. The lowest BCUT2D eigenvalue weighted by Crippen LogP contribution is -2.53. The molecule has 1 heterocycles. The summed E-state index contributed by atoms with van der Waals surface area (Å²) < 4.78 is 23.0. The Hall–Kier alpha value is -0.883. The van der Waals surface area contributed by atoms with Crippen molar-refractivity contribution in [1.82, 2.24) is 0 Å². The minimum Gasteiger partial charge on any atom is -0.491 e. The number of ether oxygens (including phenoxy) is 2. The fraction of sp³-hybridized carbons (Fsp3) is 0.600. The van der Waals surface area contributed by atoms with E-state index in [0.29, 0.717) is 19.8 Å². The summed E-state index contributed by atoms with van der Waals surface area (Å²) >= 11 is 0. The van der Waals surface area contributed by atoms with Crippen LogP contribution in [0.2, 0.25) is 6.04 Å². The third kappa shape index (κ3) is 3.82. The molecule has 0 spiro atoms. The zero-order chi connectivity index (χ0) is 14.4. The van der Waals surface area contributed by atoms with Gasteiger partial charge in [-0.05, 0) is 37.2 Å². The second-order valence-corrected chi connectivity index (χ2v) is 8.13. The van der Waals surface area contributed by atoms with Crippen molar-refractivity contribution >= 4 is 13.7 Å². The van der Waals surface area contributed by atoms with E-state index in [9.17, 15) is 0 Å². The first-order chi connectivity index (χ1) is 9.74. The molecular formula is C15H24O4Si. The third-order valence-corrected chi connectivity index (χ3v) is 6.96. The average molecular weight is 296 g/mol. The molecule has 0 radical (unpaired) electrons. The van der Waals surface area contributed by atoms with Crippen LogP contribution in [0.25, 0.3) is 0 Å². The van der Waals surface area contributed by atoms with Crippen molar-refractivity contribution in [2.45, 2.75) is 32.9 Å². The fourth-order valence-electron chi connectivity index (χ4n) is 2.26. The summed E-state index contributed by atoms with van der Waals surface area (Å²) in [6, 6.07) is 9.02. The molecule has 4 nitrogen and oxygen atoms in total. The second-order valence-electron chi connectivity index (χ2n) is 4.77. The standard InChI is InChI=1S/C15H24O4Si/c1-4-18-20(6-3,19-5-2)15-9-7-8-13(10-15)16-11-14-12-17-14/h7-10,14H,4-6,11-12H2,1-3H3. The van der Waals surface area contributed by atoms with E-state index in [1.807, 2.05) is 26.0 Å². The van der Waals surface area contributed by atoms with Crippen molar-refractivity contribution in [3.05, 3.63) is 24.3 Å². The SMILES string of the molecule is CCO[Si](CC)(OCC)c1cccc(OCC2CO2)c1. The van der Waals surface area contributed by atoms with Gasteiger partial charge in [-0.25, -0.2) is 0 Å². The van der Waals surface area contributed by atoms with Gasteiger partial charge in [0.05, 0.1) is 6.61 Å². The lowest BCUT2D eigenvalue weighted by molar-refractivity contribution is 0.197. The van der Waals surface area contributed by atoms with E-state index in [-0.39, 0.29) is 6.10 Å². The van der Waals surface area contributed by atoms with Gasteiger partial charge >= 0.3 is 8.56 Å². The predicted octanol–water partition coefficient (Wildman–Crippen LogP) is 2.21. The van der Waals surface area contributed by atoms with Gasteiger partial charge in [0.2, 0.25) is 0 Å². The first kappa shape index (κ1) is 15.5. The Morgan fingerprint density at radius 3 is 2.45 bits per heavy atom. The Morgan fingerprint density at radius 2 is 1.90 bits per heavy atom. The molecule has 0 aliphatic carbocycles. The van der Waals surface area contributed by atoms with Crippen molar-refractivity contribution in [2.75, 3.05) is 26.4 Å². The summed E-state index contributed by atoms with van der Waals surface area (Å²) in [6.45, 7) is 8.92. The fourth-order valence-corrected chi connectivity index (χ4v) is 5.14. The smallest absolute Gasteiger partial charge is 0.372 e. The highest BCUT2D eigenvalue weighted by Crippen LogP contribution is 2.19. The van der Waals surface area contributed by atoms with Crippen LogP contribution in [0, 0.1) is 0 Å². The highest BCUT2D eigenvalue weighted by Gasteiger charge is 2.38. The molecule has 1 aliphatic rings. The molecule has 5 heteroatoms. The van der Waals surface area contributed by atoms with Crippen LogP contribution in [0.3, 0.4) is 0 Å². The number of rotatable bonds is 9. The predicted molar refractivity (Wildman–Crippen MR) is 80.8 cm³/mol. The van der Waals surface area contributed by atoms with Crippen LogP contribution >= 0.6 is 0 Å². The first-order valence-corrected chi connectivity index (χ1v) is 9.39. The zero-order valence-corrected chi connectivity index (χ0v) is 13.6. The van der Waals surface area contributed by atoms with Crippen LogP contribution in [-0.4, -0.2) is 41.1 Å². The first-order valence-electron chi connectivity index (χ1n) is 7.37. The van der Waals surface area contributed by atoms with Crippen LogP contribution in [-0.2, 0) is 13.6 Å². The number of epoxide rings is 1. The summed E-state index contributed by atoms with van der Waals surface area (Å²) in [6.07, 6.45) is 0.269.